The molecule has 0 aromatic heterocycles. The monoisotopic (exact) mass is 292 g/mol. The molecule has 0 radical (unpaired) electrons. The Kier molecular flexibility index (Phi) is 4.47. The van der Waals surface area contributed by atoms with E-state index in [1.807, 2.05) is 20.8 Å². The highest BCUT2D eigenvalue weighted by molar-refractivity contribution is 7.80. The number of halogens is 2. The Balaban J connectivity index is 2.79. The van der Waals surface area contributed by atoms with Crippen molar-refractivity contribution in [3.8, 4) is 5.75 Å². The first-order chi connectivity index (χ1) is 7.69. The van der Waals surface area contributed by atoms with Crippen molar-refractivity contribution in [2.75, 3.05) is 5.32 Å². The second-order valence-corrected chi connectivity index (χ2v) is 5.84. The maximum Gasteiger partial charge on any atom is 0.171 e. The van der Waals surface area contributed by atoms with Gasteiger partial charge in [-0.3, -0.25) is 0 Å². The Labute approximate surface area is 116 Å². The summed E-state index contributed by atoms with van der Waals surface area (Å²) >= 11 is 16.7. The van der Waals surface area contributed by atoms with Crippen molar-refractivity contribution in [3.05, 3.63) is 22.2 Å². The van der Waals surface area contributed by atoms with E-state index in [0.29, 0.717) is 10.8 Å². The largest absolute Gasteiger partial charge is 0.505 e. The highest BCUT2D eigenvalue weighted by Gasteiger charge is 2.12. The van der Waals surface area contributed by atoms with E-state index >= 15 is 0 Å². The van der Waals surface area contributed by atoms with Crippen molar-refractivity contribution in [1.29, 1.82) is 0 Å². The summed E-state index contributed by atoms with van der Waals surface area (Å²) in [6, 6.07) is 3.11. The fraction of sp³-hybridized carbons (Fsp3) is 0.364. The van der Waals surface area contributed by atoms with Crippen molar-refractivity contribution in [2.24, 2.45) is 0 Å². The third-order valence-electron chi connectivity index (χ3n) is 1.76. The maximum absolute atomic E-state index is 9.41. The van der Waals surface area contributed by atoms with E-state index in [4.69, 9.17) is 35.4 Å². The molecule has 0 bridgehead atoms. The summed E-state index contributed by atoms with van der Waals surface area (Å²) in [6.45, 7) is 5.99. The van der Waals surface area contributed by atoms with E-state index in [1.165, 1.54) is 0 Å². The zero-order chi connectivity index (χ0) is 13.2. The summed E-state index contributed by atoms with van der Waals surface area (Å²) in [5.74, 6) is -0.131. The Morgan fingerprint density at radius 2 is 1.71 bits per heavy atom. The molecule has 0 heterocycles. The molecule has 3 nitrogen and oxygen atoms in total. The van der Waals surface area contributed by atoms with Gasteiger partial charge in [-0.25, -0.2) is 0 Å². The summed E-state index contributed by atoms with van der Waals surface area (Å²) in [5, 5.41) is 16.3. The number of rotatable bonds is 1. The quantitative estimate of drug-likeness (QED) is 0.544. The van der Waals surface area contributed by atoms with Crippen LogP contribution in [0.15, 0.2) is 12.1 Å². The molecule has 1 aromatic rings. The predicted molar refractivity (Wildman–Crippen MR) is 77.2 cm³/mol. The highest BCUT2D eigenvalue weighted by atomic mass is 35.5. The van der Waals surface area contributed by atoms with Crippen LogP contribution in [-0.4, -0.2) is 15.8 Å². The first-order valence-electron chi connectivity index (χ1n) is 4.96. The van der Waals surface area contributed by atoms with Crippen LogP contribution in [0.1, 0.15) is 20.8 Å². The molecule has 0 aliphatic carbocycles. The lowest BCUT2D eigenvalue weighted by Crippen LogP contribution is -2.42. The van der Waals surface area contributed by atoms with E-state index in [-0.39, 0.29) is 21.3 Å². The van der Waals surface area contributed by atoms with E-state index in [2.05, 4.69) is 10.6 Å². The normalized spacial score (nSPS) is 11.1. The molecule has 0 unspecified atom stereocenters. The molecule has 3 N–H and O–H groups in total. The third-order valence-corrected chi connectivity index (χ3v) is 2.54. The van der Waals surface area contributed by atoms with Gasteiger partial charge in [0.2, 0.25) is 0 Å². The van der Waals surface area contributed by atoms with Gasteiger partial charge in [0.1, 0.15) is 0 Å². The smallest absolute Gasteiger partial charge is 0.171 e. The molecule has 94 valence electrons. The molecule has 1 aromatic carbocycles. The summed E-state index contributed by atoms with van der Waals surface area (Å²) in [5.41, 5.74) is 0.494. The molecule has 0 aliphatic heterocycles. The summed E-state index contributed by atoms with van der Waals surface area (Å²) < 4.78 is 0. The predicted octanol–water partition coefficient (Wildman–Crippen LogP) is 3.78. The fourth-order valence-corrected chi connectivity index (χ4v) is 2.05. The standard InChI is InChI=1S/C11H14Cl2N2OS/c1-11(2,3)15-10(17)14-6-4-7(12)9(16)8(13)5-6/h4-5,16H,1-3H3,(H2,14,15,17). The zero-order valence-corrected chi connectivity index (χ0v) is 12.1. The number of benzene rings is 1. The van der Waals surface area contributed by atoms with Gasteiger partial charge >= 0.3 is 0 Å². The lowest BCUT2D eigenvalue weighted by Gasteiger charge is -2.23. The van der Waals surface area contributed by atoms with Crippen LogP contribution in [-0.2, 0) is 0 Å². The van der Waals surface area contributed by atoms with E-state index in [1.54, 1.807) is 12.1 Å². The zero-order valence-electron chi connectivity index (χ0n) is 9.77. The molecule has 6 heteroatoms. The van der Waals surface area contributed by atoms with Crippen LogP contribution in [0.25, 0.3) is 0 Å². The number of hydrogen-bond donors (Lipinski definition) is 3. The van der Waals surface area contributed by atoms with Gasteiger partial charge in [-0.15, -0.1) is 0 Å². The summed E-state index contributed by atoms with van der Waals surface area (Å²) in [7, 11) is 0. The van der Waals surface area contributed by atoms with Gasteiger partial charge in [0.25, 0.3) is 0 Å². The fourth-order valence-electron chi connectivity index (χ4n) is 1.14. The molecule has 0 atom stereocenters. The Bertz CT molecular complexity index is 421. The molecule has 0 spiro atoms. The summed E-state index contributed by atoms with van der Waals surface area (Å²) in [6.07, 6.45) is 0. The van der Waals surface area contributed by atoms with Gasteiger partial charge in [0.15, 0.2) is 10.9 Å². The van der Waals surface area contributed by atoms with E-state index in [0.717, 1.165) is 0 Å². The van der Waals surface area contributed by atoms with Crippen LogP contribution in [0.4, 0.5) is 5.69 Å². The van der Waals surface area contributed by atoms with Gasteiger partial charge in [-0.1, -0.05) is 23.2 Å². The summed E-state index contributed by atoms with van der Waals surface area (Å²) in [4.78, 5) is 0. The van der Waals surface area contributed by atoms with Crippen molar-refractivity contribution in [1.82, 2.24) is 5.32 Å². The first-order valence-corrected chi connectivity index (χ1v) is 6.12. The van der Waals surface area contributed by atoms with Crippen LogP contribution in [0.5, 0.6) is 5.75 Å². The average molecular weight is 293 g/mol. The van der Waals surface area contributed by atoms with Crippen LogP contribution in [0.3, 0.4) is 0 Å². The minimum absolute atomic E-state index is 0.130. The van der Waals surface area contributed by atoms with Crippen molar-refractivity contribution >= 4 is 46.2 Å². The molecule has 1 rings (SSSR count). The van der Waals surface area contributed by atoms with Crippen molar-refractivity contribution in [3.63, 3.8) is 0 Å². The van der Waals surface area contributed by atoms with E-state index in [9.17, 15) is 5.11 Å². The minimum Gasteiger partial charge on any atom is -0.505 e. The number of hydrogen-bond acceptors (Lipinski definition) is 2. The maximum atomic E-state index is 9.41. The Morgan fingerprint density at radius 1 is 1.24 bits per heavy atom. The number of phenolic OH excluding ortho intramolecular Hbond substituents is 1. The minimum atomic E-state index is -0.131. The van der Waals surface area contributed by atoms with Gasteiger partial charge in [0, 0.05) is 11.2 Å². The number of thiocarbonyl (C=S) groups is 1. The van der Waals surface area contributed by atoms with Crippen molar-refractivity contribution < 1.29 is 5.11 Å². The molecule has 0 aliphatic rings. The molecule has 0 saturated carbocycles. The molecular formula is C11H14Cl2N2OS. The number of aromatic hydroxyl groups is 1. The highest BCUT2D eigenvalue weighted by Crippen LogP contribution is 2.34. The van der Waals surface area contributed by atoms with Crippen molar-refractivity contribution in [2.45, 2.75) is 26.3 Å². The first kappa shape index (κ1) is 14.4. The van der Waals surface area contributed by atoms with Gasteiger partial charge in [0.05, 0.1) is 10.0 Å². The Morgan fingerprint density at radius 3 is 2.12 bits per heavy atom. The van der Waals surface area contributed by atoms with Crippen LogP contribution >= 0.6 is 35.4 Å². The van der Waals surface area contributed by atoms with Crippen LogP contribution < -0.4 is 10.6 Å². The second kappa shape index (κ2) is 5.29. The second-order valence-electron chi connectivity index (χ2n) is 4.62. The topological polar surface area (TPSA) is 44.3 Å². The average Bonchev–Trinajstić information content (AvgIpc) is 2.10. The molecule has 0 amide bonds. The molecule has 0 fully saturated rings. The number of anilines is 1. The lowest BCUT2D eigenvalue weighted by molar-refractivity contribution is 0.476. The van der Waals surface area contributed by atoms with Gasteiger partial charge in [-0.2, -0.15) is 0 Å². The molecule has 0 saturated heterocycles. The van der Waals surface area contributed by atoms with Crippen LogP contribution in [0, 0.1) is 0 Å². The SMILES string of the molecule is CC(C)(C)NC(=S)Nc1cc(Cl)c(O)c(Cl)c1. The van der Waals surface area contributed by atoms with Gasteiger partial charge in [-0.05, 0) is 45.1 Å². The number of phenols is 1. The Hall–Kier alpha value is -0.710. The van der Waals surface area contributed by atoms with E-state index < -0.39 is 0 Å². The number of nitrogens with one attached hydrogen (secondary N) is 2. The molecule has 17 heavy (non-hydrogen) atoms. The van der Waals surface area contributed by atoms with Gasteiger partial charge < -0.3 is 15.7 Å². The third kappa shape index (κ3) is 4.58. The van der Waals surface area contributed by atoms with Crippen LogP contribution in [0.2, 0.25) is 10.0 Å². The lowest BCUT2D eigenvalue weighted by atomic mass is 10.1. The molecular weight excluding hydrogens is 279 g/mol.